The third-order valence-electron chi connectivity index (χ3n) is 3.47. The van der Waals surface area contributed by atoms with Gasteiger partial charge in [0.15, 0.2) is 0 Å². The van der Waals surface area contributed by atoms with Crippen molar-refractivity contribution < 1.29 is 9.53 Å². The van der Waals surface area contributed by atoms with Crippen molar-refractivity contribution in [3.8, 4) is 5.75 Å². The van der Waals surface area contributed by atoms with Gasteiger partial charge in [-0.1, -0.05) is 13.0 Å². The minimum Gasteiger partial charge on any atom is -0.495 e. The summed E-state index contributed by atoms with van der Waals surface area (Å²) in [5.74, 6) is 1.27. The van der Waals surface area contributed by atoms with Crippen molar-refractivity contribution in [3.05, 3.63) is 23.8 Å². The fourth-order valence-corrected chi connectivity index (χ4v) is 2.24. The summed E-state index contributed by atoms with van der Waals surface area (Å²) in [7, 11) is 1.56. The zero-order valence-corrected chi connectivity index (χ0v) is 11.7. The van der Waals surface area contributed by atoms with Crippen LogP contribution < -0.4 is 10.5 Å². The van der Waals surface area contributed by atoms with Gasteiger partial charge in [-0.25, -0.2) is 0 Å². The Morgan fingerprint density at radius 1 is 1.47 bits per heavy atom. The predicted molar refractivity (Wildman–Crippen MR) is 76.3 cm³/mol. The highest BCUT2D eigenvalue weighted by Crippen LogP contribution is 2.31. The smallest absolute Gasteiger partial charge is 0.256 e. The van der Waals surface area contributed by atoms with Gasteiger partial charge >= 0.3 is 0 Å². The van der Waals surface area contributed by atoms with Crippen LogP contribution in [0.1, 0.15) is 36.5 Å². The Labute approximate surface area is 114 Å². The number of methoxy groups -OCH3 is 1. The predicted octanol–water partition coefficient (Wildman–Crippen LogP) is 2.54. The fourth-order valence-electron chi connectivity index (χ4n) is 2.24. The van der Waals surface area contributed by atoms with Crippen LogP contribution in [0.4, 0.5) is 5.69 Å². The molecule has 4 nitrogen and oxygen atoms in total. The molecule has 19 heavy (non-hydrogen) atoms. The molecular formula is C15H22N2O2. The van der Waals surface area contributed by atoms with Crippen molar-refractivity contribution in [2.45, 2.75) is 26.2 Å². The number of carbonyl (C=O) groups is 1. The van der Waals surface area contributed by atoms with E-state index in [1.54, 1.807) is 19.2 Å². The van der Waals surface area contributed by atoms with E-state index >= 15 is 0 Å². The first kappa shape index (κ1) is 13.7. The Morgan fingerprint density at radius 3 is 2.79 bits per heavy atom. The highest BCUT2D eigenvalue weighted by Gasteiger charge is 2.27. The molecule has 2 rings (SSSR count). The summed E-state index contributed by atoms with van der Waals surface area (Å²) in [6.45, 7) is 3.72. The fraction of sp³-hybridized carbons (Fsp3) is 0.533. The maximum Gasteiger partial charge on any atom is 0.256 e. The molecule has 2 N–H and O–H groups in total. The Kier molecular flexibility index (Phi) is 4.30. The number of nitrogen functional groups attached to an aromatic ring is 1. The van der Waals surface area contributed by atoms with E-state index in [1.807, 2.05) is 11.0 Å². The Bertz CT molecular complexity index is 455. The first-order valence-corrected chi connectivity index (χ1v) is 6.89. The molecule has 1 fully saturated rings. The summed E-state index contributed by atoms with van der Waals surface area (Å²) in [5.41, 5.74) is 6.99. The molecule has 1 amide bonds. The molecular weight excluding hydrogens is 240 g/mol. The van der Waals surface area contributed by atoms with Crippen molar-refractivity contribution in [1.82, 2.24) is 4.90 Å². The summed E-state index contributed by atoms with van der Waals surface area (Å²) >= 11 is 0. The monoisotopic (exact) mass is 262 g/mol. The first-order valence-electron chi connectivity index (χ1n) is 6.89. The lowest BCUT2D eigenvalue weighted by Gasteiger charge is -2.23. The Morgan fingerprint density at radius 2 is 2.21 bits per heavy atom. The van der Waals surface area contributed by atoms with E-state index in [4.69, 9.17) is 10.5 Å². The third-order valence-corrected chi connectivity index (χ3v) is 3.47. The molecule has 0 radical (unpaired) electrons. The number of nitrogens with zero attached hydrogens (tertiary/aromatic N) is 1. The van der Waals surface area contributed by atoms with E-state index in [-0.39, 0.29) is 5.91 Å². The normalized spacial score (nSPS) is 14.2. The van der Waals surface area contributed by atoms with Crippen LogP contribution in [0, 0.1) is 5.92 Å². The lowest BCUT2D eigenvalue weighted by atomic mass is 10.1. The van der Waals surface area contributed by atoms with Gasteiger partial charge in [0.1, 0.15) is 5.75 Å². The highest BCUT2D eigenvalue weighted by molar-refractivity contribution is 6.00. The van der Waals surface area contributed by atoms with Gasteiger partial charge in [0.2, 0.25) is 0 Å². The number of nitrogens with two attached hydrogens (primary N) is 1. The van der Waals surface area contributed by atoms with Crippen LogP contribution in [0.2, 0.25) is 0 Å². The van der Waals surface area contributed by atoms with Gasteiger partial charge in [0, 0.05) is 13.1 Å². The van der Waals surface area contributed by atoms with E-state index < -0.39 is 0 Å². The molecule has 1 aliphatic rings. The van der Waals surface area contributed by atoms with Crippen LogP contribution in [-0.4, -0.2) is 31.0 Å². The quantitative estimate of drug-likeness (QED) is 0.801. The van der Waals surface area contributed by atoms with Gasteiger partial charge < -0.3 is 15.4 Å². The molecule has 0 bridgehead atoms. The molecule has 0 saturated heterocycles. The Hall–Kier alpha value is -1.71. The standard InChI is InChI=1S/C15H22N2O2/c1-3-9-17(10-11-7-8-11)15(18)12-5-4-6-13(19-2)14(12)16/h4-6,11H,3,7-10,16H2,1-2H3. The van der Waals surface area contributed by atoms with Gasteiger partial charge in [-0.15, -0.1) is 0 Å². The zero-order chi connectivity index (χ0) is 13.8. The number of carbonyl (C=O) groups excluding carboxylic acids is 1. The molecule has 1 aromatic rings. The van der Waals surface area contributed by atoms with E-state index in [0.29, 0.717) is 22.9 Å². The number of benzene rings is 1. The largest absolute Gasteiger partial charge is 0.495 e. The van der Waals surface area contributed by atoms with Gasteiger partial charge in [-0.2, -0.15) is 0 Å². The summed E-state index contributed by atoms with van der Waals surface area (Å²) in [6, 6.07) is 5.36. The number of amides is 1. The number of anilines is 1. The summed E-state index contributed by atoms with van der Waals surface area (Å²) < 4.78 is 5.17. The van der Waals surface area contributed by atoms with Crippen molar-refractivity contribution in [2.75, 3.05) is 25.9 Å². The second-order valence-electron chi connectivity index (χ2n) is 5.12. The van der Waals surface area contributed by atoms with Crippen LogP contribution in [-0.2, 0) is 0 Å². The molecule has 1 aliphatic carbocycles. The molecule has 1 aromatic carbocycles. The van der Waals surface area contributed by atoms with E-state index in [0.717, 1.165) is 19.5 Å². The van der Waals surface area contributed by atoms with Crippen LogP contribution in [0.25, 0.3) is 0 Å². The van der Waals surface area contributed by atoms with Crippen LogP contribution >= 0.6 is 0 Å². The zero-order valence-electron chi connectivity index (χ0n) is 11.7. The second kappa shape index (κ2) is 5.95. The maximum absolute atomic E-state index is 12.6. The van der Waals surface area contributed by atoms with E-state index in [1.165, 1.54) is 12.8 Å². The molecule has 1 saturated carbocycles. The van der Waals surface area contributed by atoms with Crippen LogP contribution in [0.5, 0.6) is 5.75 Å². The van der Waals surface area contributed by atoms with Gasteiger partial charge in [-0.3, -0.25) is 4.79 Å². The summed E-state index contributed by atoms with van der Waals surface area (Å²) in [6.07, 6.45) is 3.44. The van der Waals surface area contributed by atoms with Gasteiger partial charge in [0.05, 0.1) is 18.4 Å². The molecule has 104 valence electrons. The average molecular weight is 262 g/mol. The van der Waals surface area contributed by atoms with Crippen molar-refractivity contribution >= 4 is 11.6 Å². The van der Waals surface area contributed by atoms with Gasteiger partial charge in [-0.05, 0) is 37.3 Å². The molecule has 0 heterocycles. The first-order chi connectivity index (χ1) is 9.17. The molecule has 0 atom stereocenters. The second-order valence-corrected chi connectivity index (χ2v) is 5.12. The molecule has 4 heteroatoms. The maximum atomic E-state index is 12.6. The topological polar surface area (TPSA) is 55.6 Å². The third kappa shape index (κ3) is 3.19. The number of hydrogen-bond acceptors (Lipinski definition) is 3. The number of para-hydroxylation sites is 1. The summed E-state index contributed by atoms with van der Waals surface area (Å²) in [4.78, 5) is 14.5. The molecule has 0 spiro atoms. The van der Waals surface area contributed by atoms with E-state index in [2.05, 4.69) is 6.92 Å². The van der Waals surface area contributed by atoms with Crippen molar-refractivity contribution in [1.29, 1.82) is 0 Å². The lowest BCUT2D eigenvalue weighted by molar-refractivity contribution is 0.0748. The molecule has 0 unspecified atom stereocenters. The molecule has 0 aromatic heterocycles. The number of rotatable bonds is 6. The van der Waals surface area contributed by atoms with Crippen molar-refractivity contribution in [3.63, 3.8) is 0 Å². The molecule has 0 aliphatic heterocycles. The summed E-state index contributed by atoms with van der Waals surface area (Å²) in [5, 5.41) is 0. The minimum absolute atomic E-state index is 0.0187. The SMILES string of the molecule is CCCN(CC1CC1)C(=O)c1cccc(OC)c1N. The number of ether oxygens (including phenoxy) is 1. The van der Waals surface area contributed by atoms with E-state index in [9.17, 15) is 4.79 Å². The highest BCUT2D eigenvalue weighted by atomic mass is 16.5. The Balaban J connectivity index is 2.19. The van der Waals surface area contributed by atoms with Crippen molar-refractivity contribution in [2.24, 2.45) is 5.92 Å². The van der Waals surface area contributed by atoms with Crippen LogP contribution in [0.3, 0.4) is 0 Å². The number of hydrogen-bond donors (Lipinski definition) is 1. The lowest BCUT2D eigenvalue weighted by Crippen LogP contribution is -2.34. The average Bonchev–Trinajstić information content (AvgIpc) is 3.22. The van der Waals surface area contributed by atoms with Gasteiger partial charge in [0.25, 0.3) is 5.91 Å². The van der Waals surface area contributed by atoms with Crippen LogP contribution in [0.15, 0.2) is 18.2 Å². The minimum atomic E-state index is 0.0187.